The maximum Gasteiger partial charge on any atom is 0.244 e. The molecule has 0 saturated heterocycles. The number of primary amides is 1. The molecule has 0 heterocycles. The van der Waals surface area contributed by atoms with Crippen LogP contribution in [0.4, 0.5) is 0 Å². The van der Waals surface area contributed by atoms with E-state index in [2.05, 4.69) is 11.9 Å². The SMILES string of the molecule is C=C(/C=C(\C)C(N)=O)CNC.[HH]. The number of hydrogen-bond acceptors (Lipinski definition) is 2. The quantitative estimate of drug-likeness (QED) is 0.458. The summed E-state index contributed by atoms with van der Waals surface area (Å²) in [5, 5.41) is 2.92. The van der Waals surface area contributed by atoms with Gasteiger partial charge in [0, 0.05) is 13.5 Å². The Bertz CT molecular complexity index is 199. The van der Waals surface area contributed by atoms with E-state index < -0.39 is 5.91 Å². The van der Waals surface area contributed by atoms with Crippen molar-refractivity contribution in [3.05, 3.63) is 23.8 Å². The van der Waals surface area contributed by atoms with Gasteiger partial charge < -0.3 is 11.1 Å². The normalized spacial score (nSPS) is 11.3. The van der Waals surface area contributed by atoms with Crippen molar-refractivity contribution in [2.24, 2.45) is 5.73 Å². The molecule has 0 atom stereocenters. The van der Waals surface area contributed by atoms with E-state index in [1.54, 1.807) is 13.0 Å². The highest BCUT2D eigenvalue weighted by Gasteiger charge is 1.96. The second-order valence-corrected chi connectivity index (χ2v) is 2.38. The van der Waals surface area contributed by atoms with Crippen LogP contribution in [0.5, 0.6) is 0 Å². The van der Waals surface area contributed by atoms with Gasteiger partial charge in [-0.15, -0.1) is 0 Å². The molecule has 3 heteroatoms. The molecule has 0 rings (SSSR count). The molecule has 0 unspecified atom stereocenters. The summed E-state index contributed by atoms with van der Waals surface area (Å²) in [6, 6.07) is 0. The molecule has 3 nitrogen and oxygen atoms in total. The minimum atomic E-state index is -0.401. The summed E-state index contributed by atoms with van der Waals surface area (Å²) in [6.07, 6.45) is 1.68. The fourth-order valence-electron chi connectivity index (χ4n) is 0.655. The Kier molecular flexibility index (Phi) is 4.22. The molecule has 11 heavy (non-hydrogen) atoms. The summed E-state index contributed by atoms with van der Waals surface area (Å²) in [5.41, 5.74) is 6.40. The maximum absolute atomic E-state index is 10.5. The van der Waals surface area contributed by atoms with E-state index in [1.807, 2.05) is 7.05 Å². The Morgan fingerprint density at radius 2 is 2.36 bits per heavy atom. The fraction of sp³-hybridized carbons (Fsp3) is 0.375. The first-order valence-electron chi connectivity index (χ1n) is 3.38. The molecule has 3 N–H and O–H groups in total. The lowest BCUT2D eigenvalue weighted by Crippen LogP contribution is -2.13. The van der Waals surface area contributed by atoms with Crippen molar-refractivity contribution in [3.63, 3.8) is 0 Å². The molecule has 0 bridgehead atoms. The van der Waals surface area contributed by atoms with Crippen molar-refractivity contribution in [1.29, 1.82) is 0 Å². The van der Waals surface area contributed by atoms with E-state index in [-0.39, 0.29) is 1.43 Å². The summed E-state index contributed by atoms with van der Waals surface area (Å²) in [5.74, 6) is -0.401. The van der Waals surface area contributed by atoms with Crippen molar-refractivity contribution in [2.75, 3.05) is 13.6 Å². The summed E-state index contributed by atoms with van der Waals surface area (Å²) in [4.78, 5) is 10.5. The van der Waals surface area contributed by atoms with Crippen LogP contribution in [0.25, 0.3) is 0 Å². The molecule has 1 amide bonds. The van der Waals surface area contributed by atoms with Crippen LogP contribution in [0.3, 0.4) is 0 Å². The van der Waals surface area contributed by atoms with Crippen LogP contribution < -0.4 is 11.1 Å². The number of carbonyl (C=O) groups excluding carboxylic acids is 1. The van der Waals surface area contributed by atoms with Gasteiger partial charge in [0.1, 0.15) is 0 Å². The maximum atomic E-state index is 10.5. The zero-order valence-electron chi connectivity index (χ0n) is 6.98. The monoisotopic (exact) mass is 156 g/mol. The van der Waals surface area contributed by atoms with Gasteiger partial charge in [-0.3, -0.25) is 4.79 Å². The Morgan fingerprint density at radius 3 is 2.73 bits per heavy atom. The van der Waals surface area contributed by atoms with Gasteiger partial charge in [-0.1, -0.05) is 6.58 Å². The van der Waals surface area contributed by atoms with Crippen molar-refractivity contribution < 1.29 is 6.22 Å². The number of hydrogen-bond donors (Lipinski definition) is 2. The van der Waals surface area contributed by atoms with Crippen LogP contribution >= 0.6 is 0 Å². The van der Waals surface area contributed by atoms with Gasteiger partial charge in [0.15, 0.2) is 0 Å². The number of amides is 1. The predicted molar refractivity (Wildman–Crippen MR) is 48.1 cm³/mol. The zero-order chi connectivity index (χ0) is 8.85. The Balaban J connectivity index is 0. The molecule has 0 fully saturated rings. The van der Waals surface area contributed by atoms with Crippen molar-refractivity contribution in [3.8, 4) is 0 Å². The van der Waals surface area contributed by atoms with E-state index in [4.69, 9.17) is 5.73 Å². The van der Waals surface area contributed by atoms with Crippen LogP contribution in [0.1, 0.15) is 8.35 Å². The van der Waals surface area contributed by atoms with Crippen LogP contribution in [-0.4, -0.2) is 19.5 Å². The zero-order valence-corrected chi connectivity index (χ0v) is 6.98. The van der Waals surface area contributed by atoms with E-state index >= 15 is 0 Å². The molecule has 0 aliphatic heterocycles. The molecule has 0 aliphatic carbocycles. The lowest BCUT2D eigenvalue weighted by atomic mass is 10.2. The summed E-state index contributed by atoms with van der Waals surface area (Å²) in [7, 11) is 1.82. The molecule has 0 saturated carbocycles. The molecule has 0 aromatic rings. The predicted octanol–water partition coefficient (Wildman–Crippen LogP) is 0.440. The second-order valence-electron chi connectivity index (χ2n) is 2.38. The van der Waals surface area contributed by atoms with Crippen LogP contribution in [0, 0.1) is 0 Å². The van der Waals surface area contributed by atoms with E-state index in [0.717, 1.165) is 5.57 Å². The van der Waals surface area contributed by atoms with E-state index in [9.17, 15) is 4.79 Å². The number of likely N-dealkylation sites (N-methyl/N-ethyl adjacent to an activating group) is 1. The van der Waals surface area contributed by atoms with Gasteiger partial charge >= 0.3 is 0 Å². The first-order chi connectivity index (χ1) is 5.07. The first-order valence-corrected chi connectivity index (χ1v) is 3.38. The Hall–Kier alpha value is -1.09. The van der Waals surface area contributed by atoms with Crippen LogP contribution in [-0.2, 0) is 4.79 Å². The van der Waals surface area contributed by atoms with Gasteiger partial charge in [0.25, 0.3) is 0 Å². The third kappa shape index (κ3) is 4.33. The second kappa shape index (κ2) is 4.68. The topological polar surface area (TPSA) is 55.1 Å². The molecule has 0 radical (unpaired) electrons. The van der Waals surface area contributed by atoms with Gasteiger partial charge in [-0.2, -0.15) is 0 Å². The Morgan fingerprint density at radius 1 is 1.82 bits per heavy atom. The molecular formula is C8H16N2O. The molecule has 64 valence electrons. The summed E-state index contributed by atoms with van der Waals surface area (Å²) < 4.78 is 0. The summed E-state index contributed by atoms with van der Waals surface area (Å²) >= 11 is 0. The van der Waals surface area contributed by atoms with Crippen LogP contribution in [0.15, 0.2) is 23.8 Å². The molecule has 0 aliphatic rings. The number of carbonyl (C=O) groups is 1. The standard InChI is InChI=1S/C8H14N2O.H2/c1-6(5-10-3)4-7(2)8(9)11;/h4,10H,1,5H2,2-3H3,(H2,9,11);1H/b7-4+;. The first kappa shape index (κ1) is 9.91. The highest BCUT2D eigenvalue weighted by molar-refractivity contribution is 5.91. The number of nitrogens with one attached hydrogen (secondary N) is 1. The largest absolute Gasteiger partial charge is 0.366 e. The lowest BCUT2D eigenvalue weighted by Gasteiger charge is -1.98. The van der Waals surface area contributed by atoms with Gasteiger partial charge in [-0.25, -0.2) is 0 Å². The minimum absolute atomic E-state index is 0. The number of rotatable bonds is 4. The Labute approximate surface area is 68.5 Å². The average molecular weight is 156 g/mol. The van der Waals surface area contributed by atoms with Gasteiger partial charge in [0.05, 0.1) is 0 Å². The lowest BCUT2D eigenvalue weighted by molar-refractivity contribution is -0.114. The van der Waals surface area contributed by atoms with Gasteiger partial charge in [-0.05, 0) is 25.6 Å². The van der Waals surface area contributed by atoms with E-state index in [0.29, 0.717) is 12.1 Å². The summed E-state index contributed by atoms with van der Waals surface area (Å²) in [6.45, 7) is 6.06. The van der Waals surface area contributed by atoms with E-state index in [1.165, 1.54) is 0 Å². The smallest absolute Gasteiger partial charge is 0.244 e. The molecule has 0 aromatic heterocycles. The number of nitrogens with two attached hydrogens (primary N) is 1. The van der Waals surface area contributed by atoms with Gasteiger partial charge in [0.2, 0.25) is 5.91 Å². The molecule has 0 aromatic carbocycles. The minimum Gasteiger partial charge on any atom is -0.366 e. The average Bonchev–Trinajstić information content (AvgIpc) is 1.87. The fourth-order valence-corrected chi connectivity index (χ4v) is 0.655. The third-order valence-corrected chi connectivity index (χ3v) is 1.21. The van der Waals surface area contributed by atoms with Crippen LogP contribution in [0.2, 0.25) is 0 Å². The molecule has 0 spiro atoms. The van der Waals surface area contributed by atoms with Crippen molar-refractivity contribution in [2.45, 2.75) is 6.92 Å². The highest BCUT2D eigenvalue weighted by Crippen LogP contribution is 1.97. The highest BCUT2D eigenvalue weighted by atomic mass is 16.1. The van der Waals surface area contributed by atoms with Crippen molar-refractivity contribution >= 4 is 5.91 Å². The van der Waals surface area contributed by atoms with Crippen molar-refractivity contribution in [1.82, 2.24) is 5.32 Å². The molecular weight excluding hydrogens is 140 g/mol. The third-order valence-electron chi connectivity index (χ3n) is 1.21.